The topological polar surface area (TPSA) is 80.1 Å². The maximum Gasteiger partial charge on any atom is 0.335 e. The van der Waals surface area contributed by atoms with Gasteiger partial charge in [0.05, 0.1) is 17.9 Å². The highest BCUT2D eigenvalue weighted by Crippen LogP contribution is 2.13. The second-order valence-electron chi connectivity index (χ2n) is 7.42. The van der Waals surface area contributed by atoms with Gasteiger partial charge in [-0.2, -0.15) is 10.7 Å². The Balaban J connectivity index is 0.000000255. The smallest absolute Gasteiger partial charge is 0.335 e. The van der Waals surface area contributed by atoms with Crippen LogP contribution in [-0.4, -0.2) is 30.0 Å². The van der Waals surface area contributed by atoms with Crippen LogP contribution in [0.3, 0.4) is 0 Å². The van der Waals surface area contributed by atoms with E-state index in [4.69, 9.17) is 14.7 Å². The van der Waals surface area contributed by atoms with Gasteiger partial charge in [-0.05, 0) is 55.3 Å². The lowest BCUT2D eigenvalue weighted by molar-refractivity contribution is 0.0409. The van der Waals surface area contributed by atoms with Gasteiger partial charge in [0.2, 0.25) is 0 Å². The predicted molar refractivity (Wildman–Crippen MR) is 129 cm³/mol. The molecule has 170 valence electrons. The number of aromatic carboxylic acids is 1. The number of hydrogen-bond donors (Lipinski definition) is 2. The Bertz CT molecular complexity index is 1060. The quantitative estimate of drug-likeness (QED) is 0.352. The Morgan fingerprint density at radius 3 is 2.66 bits per heavy atom. The van der Waals surface area contributed by atoms with Gasteiger partial charge in [-0.25, -0.2) is 4.79 Å². The largest absolute Gasteiger partial charge is 0.488 e. The minimum absolute atomic E-state index is 0.193. The third-order valence-electron chi connectivity index (χ3n) is 4.59. The number of nitrogens with one attached hydrogen (secondary N) is 1. The molecule has 0 heterocycles. The molecule has 0 bridgehead atoms. The van der Waals surface area contributed by atoms with E-state index in [0.717, 1.165) is 19.3 Å². The average molecular weight is 437 g/mol. The Morgan fingerprint density at radius 1 is 1.12 bits per heavy atom. The fraction of sp³-hybridized carbons (Fsp3) is 0.308. The highest BCUT2D eigenvalue weighted by Gasteiger charge is 2.04. The third-order valence-corrected chi connectivity index (χ3v) is 4.59. The lowest BCUT2D eigenvalue weighted by Gasteiger charge is -2.07. The summed E-state index contributed by atoms with van der Waals surface area (Å²) in [6, 6.07) is 14.8. The first-order valence-electron chi connectivity index (χ1n) is 10.8. The zero-order chi connectivity index (χ0) is 23.2. The monoisotopic (exact) mass is 436 g/mol. The molecule has 2 aromatic rings. The molecule has 0 spiro atoms. The molecule has 32 heavy (non-hydrogen) atoms. The first-order chi connectivity index (χ1) is 15.5. The molecule has 2 aromatic carbocycles. The van der Waals surface area contributed by atoms with Gasteiger partial charge in [-0.15, -0.1) is 0 Å². The van der Waals surface area contributed by atoms with Crippen molar-refractivity contribution in [3.63, 3.8) is 0 Å². The standard InChI is InChI=1S/C14H20N2O4.C12H12/c1-3-4-8-20-16-15-11(2)10-19-13-7-5-6-12(9-13)14(17)18;1-10-5-4-8-11-6-2-3-7-12(11)9-10/h5-7,9,16H,3-4,8,10H2,1-2H3,(H,17,18);2-3,5-9H,4H2,1H3/b15-11+;. The van der Waals surface area contributed by atoms with Gasteiger partial charge in [0, 0.05) is 0 Å². The second-order valence-corrected chi connectivity index (χ2v) is 7.42. The van der Waals surface area contributed by atoms with Gasteiger partial charge in [0.25, 0.3) is 0 Å². The molecule has 6 heteroatoms. The van der Waals surface area contributed by atoms with Gasteiger partial charge >= 0.3 is 5.97 Å². The number of hydrogen-bond acceptors (Lipinski definition) is 5. The van der Waals surface area contributed by atoms with E-state index in [9.17, 15) is 4.79 Å². The van der Waals surface area contributed by atoms with Crippen molar-refractivity contribution in [1.29, 1.82) is 0 Å². The molecular weight excluding hydrogens is 404 g/mol. The first kappa shape index (κ1) is 24.9. The van der Waals surface area contributed by atoms with Crippen molar-refractivity contribution in [1.82, 2.24) is 5.59 Å². The predicted octanol–water partition coefficient (Wildman–Crippen LogP) is 4.06. The summed E-state index contributed by atoms with van der Waals surface area (Å²) in [5.74, 6) is -0.488. The number of unbranched alkanes of at least 4 members (excludes halogenated alkanes) is 1. The summed E-state index contributed by atoms with van der Waals surface area (Å²) >= 11 is 0. The maximum atomic E-state index is 10.8. The second kappa shape index (κ2) is 13.8. The van der Waals surface area contributed by atoms with Gasteiger partial charge in [-0.1, -0.05) is 67.5 Å². The summed E-state index contributed by atoms with van der Waals surface area (Å²) in [5.41, 5.74) is 4.75. The van der Waals surface area contributed by atoms with Crippen LogP contribution in [0.2, 0.25) is 0 Å². The van der Waals surface area contributed by atoms with E-state index < -0.39 is 5.97 Å². The van der Waals surface area contributed by atoms with E-state index >= 15 is 0 Å². The SMILES string of the molecule is CC1=CCC=c2ccccc2=C1.CCCCON/N=C(\C)COc1cccc(C(=O)O)c1. The third kappa shape index (κ3) is 9.18. The minimum atomic E-state index is -0.980. The number of fused-ring (bicyclic) bond motifs is 1. The van der Waals surface area contributed by atoms with Gasteiger partial charge in [-0.3, -0.25) is 4.84 Å². The molecule has 0 saturated heterocycles. The zero-order valence-corrected chi connectivity index (χ0v) is 19.0. The van der Waals surface area contributed by atoms with Crippen molar-refractivity contribution in [2.75, 3.05) is 13.2 Å². The number of rotatable bonds is 9. The molecular formula is C26H32N2O4. The molecule has 3 rings (SSSR count). The summed E-state index contributed by atoms with van der Waals surface area (Å²) < 4.78 is 5.45. The van der Waals surface area contributed by atoms with Gasteiger partial charge in [0.15, 0.2) is 0 Å². The van der Waals surface area contributed by atoms with Crippen LogP contribution >= 0.6 is 0 Å². The van der Waals surface area contributed by atoms with E-state index in [2.05, 4.69) is 67.0 Å². The van der Waals surface area contributed by atoms with Crippen LogP contribution < -0.4 is 20.8 Å². The van der Waals surface area contributed by atoms with E-state index in [1.807, 2.05) is 0 Å². The van der Waals surface area contributed by atoms with E-state index in [0.29, 0.717) is 18.1 Å². The number of allylic oxidation sites excluding steroid dienone is 2. The van der Waals surface area contributed by atoms with Crippen molar-refractivity contribution in [2.24, 2.45) is 5.10 Å². The van der Waals surface area contributed by atoms with Gasteiger partial charge < -0.3 is 9.84 Å². The molecule has 0 aliphatic heterocycles. The van der Waals surface area contributed by atoms with Crippen LogP contribution in [0.15, 0.2) is 65.3 Å². The molecule has 1 aliphatic carbocycles. The molecule has 0 saturated carbocycles. The van der Waals surface area contributed by atoms with Crippen LogP contribution in [-0.2, 0) is 4.84 Å². The Labute approximate surface area is 189 Å². The number of carbonyl (C=O) groups is 1. The number of carboxylic acid groups (broad SMARTS) is 1. The highest BCUT2D eigenvalue weighted by atomic mass is 16.7. The van der Waals surface area contributed by atoms with Crippen LogP contribution in [0, 0.1) is 0 Å². The van der Waals surface area contributed by atoms with Crippen LogP contribution in [0.1, 0.15) is 50.4 Å². The molecule has 0 unspecified atom stereocenters. The molecule has 0 atom stereocenters. The van der Waals surface area contributed by atoms with Crippen molar-refractivity contribution < 1.29 is 19.5 Å². The van der Waals surface area contributed by atoms with Crippen LogP contribution in [0.4, 0.5) is 0 Å². The van der Waals surface area contributed by atoms with E-state index in [-0.39, 0.29) is 12.2 Å². The zero-order valence-electron chi connectivity index (χ0n) is 19.0. The van der Waals surface area contributed by atoms with E-state index in [1.54, 1.807) is 19.1 Å². The molecule has 0 amide bonds. The van der Waals surface area contributed by atoms with E-state index in [1.165, 1.54) is 28.1 Å². The van der Waals surface area contributed by atoms with Crippen molar-refractivity contribution in [3.8, 4) is 5.75 Å². The fourth-order valence-electron chi connectivity index (χ4n) is 2.82. The Kier molecular flexibility index (Phi) is 10.8. The fourth-order valence-corrected chi connectivity index (χ4v) is 2.82. The lowest BCUT2D eigenvalue weighted by atomic mass is 10.2. The normalized spacial score (nSPS) is 12.6. The van der Waals surface area contributed by atoms with Crippen LogP contribution in [0.5, 0.6) is 5.75 Å². The Hall–Kier alpha value is -3.38. The number of nitrogens with zero attached hydrogens (tertiary/aromatic N) is 1. The number of ether oxygens (including phenoxy) is 1. The summed E-state index contributed by atoms with van der Waals surface area (Å²) in [5, 5.41) is 15.5. The summed E-state index contributed by atoms with van der Waals surface area (Å²) in [6.07, 6.45) is 9.84. The number of hydrazone groups is 1. The van der Waals surface area contributed by atoms with Crippen LogP contribution in [0.25, 0.3) is 12.2 Å². The van der Waals surface area contributed by atoms with Crippen molar-refractivity contribution in [2.45, 2.75) is 40.0 Å². The molecule has 2 N–H and O–H groups in total. The maximum absolute atomic E-state index is 10.8. The highest BCUT2D eigenvalue weighted by molar-refractivity contribution is 5.88. The molecule has 0 radical (unpaired) electrons. The number of carboxylic acids is 1. The van der Waals surface area contributed by atoms with Gasteiger partial charge in [0.1, 0.15) is 12.4 Å². The summed E-state index contributed by atoms with van der Waals surface area (Å²) in [7, 11) is 0. The molecule has 0 fully saturated rings. The minimum Gasteiger partial charge on any atom is -0.488 e. The Morgan fingerprint density at radius 2 is 1.91 bits per heavy atom. The van der Waals surface area contributed by atoms with Crippen molar-refractivity contribution >= 4 is 23.8 Å². The molecule has 6 nitrogen and oxygen atoms in total. The molecule has 0 aromatic heterocycles. The summed E-state index contributed by atoms with van der Waals surface area (Å²) in [6.45, 7) is 6.88. The lowest BCUT2D eigenvalue weighted by Crippen LogP contribution is -2.22. The summed E-state index contributed by atoms with van der Waals surface area (Å²) in [4.78, 5) is 15.9. The molecule has 1 aliphatic rings. The number of benzene rings is 2. The first-order valence-corrected chi connectivity index (χ1v) is 10.8. The average Bonchev–Trinajstić information content (AvgIpc) is 2.98. The van der Waals surface area contributed by atoms with Crippen molar-refractivity contribution in [3.05, 3.63) is 76.2 Å².